The van der Waals surface area contributed by atoms with E-state index in [0.717, 1.165) is 28.0 Å². The van der Waals surface area contributed by atoms with Crippen LogP contribution in [0.4, 0.5) is 0 Å². The van der Waals surface area contributed by atoms with Gasteiger partial charge in [0.05, 0.1) is 18.7 Å². The standard InChI is InChI=1S/C24H15NO/c1-26-24-16-14-22(15-17-24)9-8-20-4-2-19(3-5-20)6-7-21-10-12-23(18-25)13-11-21/h2-5,10-17H,1H3. The highest BCUT2D eigenvalue weighted by Crippen LogP contribution is 2.10. The van der Waals surface area contributed by atoms with Crippen molar-refractivity contribution in [2.75, 3.05) is 7.11 Å². The van der Waals surface area contributed by atoms with E-state index in [4.69, 9.17) is 10.00 Å². The minimum atomic E-state index is 0.635. The Bertz CT molecular complexity index is 1050. The molecule has 0 heterocycles. The molecular formula is C24H15NO. The number of hydrogen-bond acceptors (Lipinski definition) is 2. The molecule has 0 saturated heterocycles. The van der Waals surface area contributed by atoms with Gasteiger partial charge in [-0.3, -0.25) is 0 Å². The van der Waals surface area contributed by atoms with Crippen LogP contribution in [-0.4, -0.2) is 7.11 Å². The molecule has 0 amide bonds. The first kappa shape index (κ1) is 16.9. The third-order valence-corrected chi connectivity index (χ3v) is 3.69. The molecule has 26 heavy (non-hydrogen) atoms. The van der Waals surface area contributed by atoms with Crippen LogP contribution in [-0.2, 0) is 0 Å². The summed E-state index contributed by atoms with van der Waals surface area (Å²) >= 11 is 0. The first-order chi connectivity index (χ1) is 12.8. The van der Waals surface area contributed by atoms with Gasteiger partial charge in [0.15, 0.2) is 0 Å². The topological polar surface area (TPSA) is 33.0 Å². The van der Waals surface area contributed by atoms with E-state index < -0.39 is 0 Å². The molecule has 0 aliphatic rings. The molecule has 0 saturated carbocycles. The van der Waals surface area contributed by atoms with Crippen LogP contribution in [0.15, 0.2) is 72.8 Å². The van der Waals surface area contributed by atoms with Gasteiger partial charge in [-0.25, -0.2) is 0 Å². The van der Waals surface area contributed by atoms with Crippen LogP contribution in [0.2, 0.25) is 0 Å². The smallest absolute Gasteiger partial charge is 0.118 e. The van der Waals surface area contributed by atoms with Crippen LogP contribution < -0.4 is 4.74 Å². The van der Waals surface area contributed by atoms with Crippen LogP contribution in [0.1, 0.15) is 27.8 Å². The maximum Gasteiger partial charge on any atom is 0.118 e. The lowest BCUT2D eigenvalue weighted by atomic mass is 10.1. The minimum Gasteiger partial charge on any atom is -0.497 e. The second kappa shape index (κ2) is 8.25. The van der Waals surface area contributed by atoms with Crippen molar-refractivity contribution in [3.8, 4) is 35.5 Å². The fraction of sp³-hybridized carbons (Fsp3) is 0.0417. The van der Waals surface area contributed by atoms with Gasteiger partial charge in [-0.05, 0) is 72.8 Å². The summed E-state index contributed by atoms with van der Waals surface area (Å²) in [6.07, 6.45) is 0. The first-order valence-corrected chi connectivity index (χ1v) is 8.05. The van der Waals surface area contributed by atoms with Crippen molar-refractivity contribution in [3.63, 3.8) is 0 Å². The molecule has 3 aromatic rings. The van der Waals surface area contributed by atoms with Gasteiger partial charge in [0, 0.05) is 22.3 Å². The predicted octanol–water partition coefficient (Wildman–Crippen LogP) is 4.37. The van der Waals surface area contributed by atoms with Crippen LogP contribution >= 0.6 is 0 Å². The highest BCUT2D eigenvalue weighted by molar-refractivity contribution is 5.48. The summed E-state index contributed by atoms with van der Waals surface area (Å²) in [5.74, 6) is 13.3. The third-order valence-electron chi connectivity index (χ3n) is 3.69. The summed E-state index contributed by atoms with van der Waals surface area (Å²) in [5.41, 5.74) is 4.31. The molecule has 0 fully saturated rings. The van der Waals surface area contributed by atoms with Gasteiger partial charge in [0.2, 0.25) is 0 Å². The summed E-state index contributed by atoms with van der Waals surface area (Å²) in [6, 6.07) is 24.8. The summed E-state index contributed by atoms with van der Waals surface area (Å²) in [6.45, 7) is 0. The number of nitrogens with zero attached hydrogens (tertiary/aromatic N) is 1. The average molecular weight is 333 g/mol. The Balaban J connectivity index is 1.70. The van der Waals surface area contributed by atoms with Gasteiger partial charge in [0.25, 0.3) is 0 Å². The quantitative estimate of drug-likeness (QED) is 0.620. The molecular weight excluding hydrogens is 318 g/mol. The van der Waals surface area contributed by atoms with Crippen molar-refractivity contribution in [2.45, 2.75) is 0 Å². The average Bonchev–Trinajstić information content (AvgIpc) is 2.72. The molecule has 0 radical (unpaired) electrons. The third kappa shape index (κ3) is 4.55. The summed E-state index contributed by atoms with van der Waals surface area (Å²) in [4.78, 5) is 0. The van der Waals surface area contributed by atoms with Gasteiger partial charge < -0.3 is 4.74 Å². The monoisotopic (exact) mass is 333 g/mol. The molecule has 0 bridgehead atoms. The normalized spacial score (nSPS) is 9.08. The van der Waals surface area contributed by atoms with Crippen LogP contribution in [0, 0.1) is 35.0 Å². The molecule has 0 aromatic heterocycles. The Morgan fingerprint density at radius 3 is 1.15 bits per heavy atom. The van der Waals surface area contributed by atoms with Crippen molar-refractivity contribution < 1.29 is 4.74 Å². The summed E-state index contributed by atoms with van der Waals surface area (Å²) in [5, 5.41) is 8.80. The van der Waals surface area contributed by atoms with E-state index in [0.29, 0.717) is 5.56 Å². The zero-order chi connectivity index (χ0) is 18.2. The lowest BCUT2D eigenvalue weighted by Crippen LogP contribution is -1.82. The van der Waals surface area contributed by atoms with E-state index in [9.17, 15) is 0 Å². The number of benzene rings is 3. The molecule has 0 unspecified atom stereocenters. The number of nitriles is 1. The molecule has 0 aliphatic carbocycles. The van der Waals surface area contributed by atoms with Crippen molar-refractivity contribution >= 4 is 0 Å². The van der Waals surface area contributed by atoms with E-state index in [-0.39, 0.29) is 0 Å². The largest absolute Gasteiger partial charge is 0.497 e. The zero-order valence-electron chi connectivity index (χ0n) is 14.3. The molecule has 0 aliphatic heterocycles. The number of hydrogen-bond donors (Lipinski definition) is 0. The van der Waals surface area contributed by atoms with Gasteiger partial charge in [0.1, 0.15) is 5.75 Å². The highest BCUT2D eigenvalue weighted by atomic mass is 16.5. The first-order valence-electron chi connectivity index (χ1n) is 8.05. The molecule has 3 aromatic carbocycles. The van der Waals surface area contributed by atoms with Gasteiger partial charge in [-0.2, -0.15) is 5.26 Å². The van der Waals surface area contributed by atoms with E-state index in [2.05, 4.69) is 29.8 Å². The van der Waals surface area contributed by atoms with E-state index in [1.807, 2.05) is 60.7 Å². The number of rotatable bonds is 1. The second-order valence-electron chi connectivity index (χ2n) is 5.50. The van der Waals surface area contributed by atoms with Gasteiger partial charge in [-0.1, -0.05) is 23.7 Å². The van der Waals surface area contributed by atoms with Crippen LogP contribution in [0.5, 0.6) is 5.75 Å². The second-order valence-corrected chi connectivity index (χ2v) is 5.50. The SMILES string of the molecule is COc1ccc(C#Cc2ccc(C#Cc3ccc(C#N)cc3)cc2)cc1. The van der Waals surface area contributed by atoms with Crippen LogP contribution in [0.3, 0.4) is 0 Å². The maximum atomic E-state index is 8.80. The Hall–Kier alpha value is -3.93. The molecule has 0 N–H and O–H groups in total. The molecule has 122 valence electrons. The number of ether oxygens (including phenoxy) is 1. The summed E-state index contributed by atoms with van der Waals surface area (Å²) < 4.78 is 5.14. The van der Waals surface area contributed by atoms with E-state index in [1.54, 1.807) is 19.2 Å². The van der Waals surface area contributed by atoms with Crippen molar-refractivity contribution in [3.05, 3.63) is 101 Å². The Morgan fingerprint density at radius 1 is 0.538 bits per heavy atom. The minimum absolute atomic E-state index is 0.635. The van der Waals surface area contributed by atoms with Gasteiger partial charge in [-0.15, -0.1) is 0 Å². The Labute approximate surface area is 153 Å². The lowest BCUT2D eigenvalue weighted by Gasteiger charge is -1.97. The molecule has 3 rings (SSSR count). The van der Waals surface area contributed by atoms with Gasteiger partial charge >= 0.3 is 0 Å². The van der Waals surface area contributed by atoms with Crippen molar-refractivity contribution in [2.24, 2.45) is 0 Å². The highest BCUT2D eigenvalue weighted by Gasteiger charge is 1.92. The molecule has 0 atom stereocenters. The van der Waals surface area contributed by atoms with E-state index in [1.165, 1.54) is 0 Å². The zero-order valence-corrected chi connectivity index (χ0v) is 14.3. The lowest BCUT2D eigenvalue weighted by molar-refractivity contribution is 0.415. The predicted molar refractivity (Wildman–Crippen MR) is 103 cm³/mol. The maximum absolute atomic E-state index is 8.80. The fourth-order valence-corrected chi connectivity index (χ4v) is 2.23. The number of methoxy groups -OCH3 is 1. The van der Waals surface area contributed by atoms with Crippen LogP contribution in [0.25, 0.3) is 0 Å². The molecule has 2 nitrogen and oxygen atoms in total. The van der Waals surface area contributed by atoms with Crippen molar-refractivity contribution in [1.82, 2.24) is 0 Å². The molecule has 2 heteroatoms. The molecule has 0 spiro atoms. The summed E-state index contributed by atoms with van der Waals surface area (Å²) in [7, 11) is 1.65. The van der Waals surface area contributed by atoms with E-state index >= 15 is 0 Å². The fourth-order valence-electron chi connectivity index (χ4n) is 2.23. The Morgan fingerprint density at radius 2 is 0.846 bits per heavy atom. The van der Waals surface area contributed by atoms with Crippen molar-refractivity contribution in [1.29, 1.82) is 5.26 Å². The Kier molecular flexibility index (Phi) is 5.37.